The Morgan fingerprint density at radius 1 is 1.08 bits per heavy atom. The molecule has 142 valence electrons. The first-order valence-corrected chi connectivity index (χ1v) is 7.83. The van der Waals surface area contributed by atoms with Crippen molar-refractivity contribution >= 4 is 24.0 Å². The van der Waals surface area contributed by atoms with E-state index in [1.165, 1.54) is 26.4 Å². The van der Waals surface area contributed by atoms with Crippen molar-refractivity contribution < 1.29 is 28.6 Å². The minimum Gasteiger partial charge on any atom is -0.493 e. The summed E-state index contributed by atoms with van der Waals surface area (Å²) in [5, 5.41) is 4.63. The molecule has 0 aliphatic rings. The summed E-state index contributed by atoms with van der Waals surface area (Å²) in [7, 11) is 3.03. The van der Waals surface area contributed by atoms with Crippen LogP contribution in [0.5, 0.6) is 11.5 Å². The van der Waals surface area contributed by atoms with Gasteiger partial charge in [0, 0.05) is 11.6 Å². The lowest BCUT2D eigenvalue weighted by Crippen LogP contribution is -2.49. The maximum atomic E-state index is 11.7. The summed E-state index contributed by atoms with van der Waals surface area (Å²) in [5.74, 6) is -0.351. The van der Waals surface area contributed by atoms with Crippen LogP contribution in [0.3, 0.4) is 0 Å². The number of urea groups is 1. The predicted molar refractivity (Wildman–Crippen MR) is 96.0 cm³/mol. The van der Waals surface area contributed by atoms with Crippen molar-refractivity contribution in [2.24, 2.45) is 0 Å². The monoisotopic (exact) mass is 364 g/mol. The third kappa shape index (κ3) is 7.69. The van der Waals surface area contributed by atoms with Crippen LogP contribution in [-0.2, 0) is 14.3 Å². The molecule has 0 aliphatic heterocycles. The van der Waals surface area contributed by atoms with Gasteiger partial charge in [-0.25, -0.2) is 9.59 Å². The molecule has 8 nitrogen and oxygen atoms in total. The van der Waals surface area contributed by atoms with Crippen LogP contribution in [0, 0.1) is 0 Å². The molecule has 0 aliphatic carbocycles. The molecule has 0 heterocycles. The molecule has 0 unspecified atom stereocenters. The number of rotatable bonds is 6. The van der Waals surface area contributed by atoms with Crippen molar-refractivity contribution in [3.63, 3.8) is 0 Å². The average molecular weight is 364 g/mol. The fourth-order valence-corrected chi connectivity index (χ4v) is 1.84. The summed E-state index contributed by atoms with van der Waals surface area (Å²) < 4.78 is 15.1. The van der Waals surface area contributed by atoms with E-state index in [2.05, 4.69) is 10.6 Å². The quantitative estimate of drug-likeness (QED) is 0.590. The van der Waals surface area contributed by atoms with Crippen LogP contribution in [-0.4, -0.2) is 44.3 Å². The highest BCUT2D eigenvalue weighted by molar-refractivity contribution is 5.96. The van der Waals surface area contributed by atoms with Crippen molar-refractivity contribution in [2.45, 2.75) is 26.3 Å². The Hall–Kier alpha value is -3.03. The highest BCUT2D eigenvalue weighted by atomic mass is 16.5. The molecule has 1 rings (SSSR count). The van der Waals surface area contributed by atoms with Gasteiger partial charge in [0.05, 0.1) is 14.2 Å². The number of carbonyl (C=O) groups excluding carboxylic acids is 3. The molecule has 0 atom stereocenters. The molecule has 0 saturated carbocycles. The van der Waals surface area contributed by atoms with E-state index in [-0.39, 0.29) is 0 Å². The lowest BCUT2D eigenvalue weighted by atomic mass is 10.1. The van der Waals surface area contributed by atoms with Crippen LogP contribution in [0.2, 0.25) is 0 Å². The Kier molecular flexibility index (Phi) is 7.64. The van der Waals surface area contributed by atoms with Gasteiger partial charge in [0.1, 0.15) is 0 Å². The Morgan fingerprint density at radius 3 is 2.31 bits per heavy atom. The summed E-state index contributed by atoms with van der Waals surface area (Å²) in [4.78, 5) is 34.8. The van der Waals surface area contributed by atoms with Gasteiger partial charge in [-0.1, -0.05) is 6.07 Å². The lowest BCUT2D eigenvalue weighted by molar-refractivity contribution is -0.143. The molecule has 2 N–H and O–H groups in total. The normalized spacial score (nSPS) is 11.0. The molecular formula is C18H24N2O6. The van der Waals surface area contributed by atoms with Gasteiger partial charge in [-0.05, 0) is 44.5 Å². The number of carbonyl (C=O) groups is 3. The lowest BCUT2D eigenvalue weighted by Gasteiger charge is -2.20. The fourth-order valence-electron chi connectivity index (χ4n) is 1.84. The van der Waals surface area contributed by atoms with E-state index in [4.69, 9.17) is 14.2 Å². The predicted octanol–water partition coefficient (Wildman–Crippen LogP) is 1.88. The number of hydrogen-bond donors (Lipinski definition) is 2. The number of ether oxygens (including phenoxy) is 3. The molecule has 0 spiro atoms. The zero-order chi connectivity index (χ0) is 19.7. The van der Waals surface area contributed by atoms with Crippen molar-refractivity contribution in [1.82, 2.24) is 10.6 Å². The molecule has 1 aromatic rings. The van der Waals surface area contributed by atoms with E-state index in [0.717, 1.165) is 0 Å². The van der Waals surface area contributed by atoms with Crippen LogP contribution in [0.4, 0.5) is 4.79 Å². The zero-order valence-electron chi connectivity index (χ0n) is 15.5. The van der Waals surface area contributed by atoms with Gasteiger partial charge >= 0.3 is 12.0 Å². The van der Waals surface area contributed by atoms with Crippen LogP contribution in [0.15, 0.2) is 24.3 Å². The first kappa shape index (κ1) is 21.0. The SMILES string of the molecule is COc1ccc(/C=C/C(=O)OCC(=O)NC(=O)NC(C)(C)C)cc1OC. The second-order valence-corrected chi connectivity index (χ2v) is 6.31. The zero-order valence-corrected chi connectivity index (χ0v) is 15.5. The van der Waals surface area contributed by atoms with Crippen molar-refractivity contribution in [2.75, 3.05) is 20.8 Å². The molecule has 0 saturated heterocycles. The standard InChI is InChI=1S/C18H24N2O6/c1-18(2,3)20-17(23)19-15(21)11-26-16(22)9-7-12-6-8-13(24-4)14(10-12)25-5/h6-10H,11H2,1-5H3,(H2,19,20,21,23)/b9-7+. The number of amides is 3. The number of esters is 1. The Morgan fingerprint density at radius 2 is 1.73 bits per heavy atom. The first-order valence-electron chi connectivity index (χ1n) is 7.83. The van der Waals surface area contributed by atoms with Gasteiger partial charge in [-0.15, -0.1) is 0 Å². The first-order chi connectivity index (χ1) is 12.1. The molecule has 8 heteroatoms. The minimum absolute atomic E-state index is 0.483. The van der Waals surface area contributed by atoms with E-state index in [1.807, 2.05) is 0 Å². The van der Waals surface area contributed by atoms with E-state index in [9.17, 15) is 14.4 Å². The summed E-state index contributed by atoms with van der Waals surface area (Å²) in [6.07, 6.45) is 2.68. The number of imide groups is 1. The van der Waals surface area contributed by atoms with E-state index < -0.39 is 30.1 Å². The van der Waals surface area contributed by atoms with Crippen molar-refractivity contribution in [3.8, 4) is 11.5 Å². The molecule has 26 heavy (non-hydrogen) atoms. The molecule has 0 radical (unpaired) electrons. The number of benzene rings is 1. The summed E-state index contributed by atoms with van der Waals surface area (Å²) in [5.41, 5.74) is 0.206. The highest BCUT2D eigenvalue weighted by Crippen LogP contribution is 2.27. The van der Waals surface area contributed by atoms with Gasteiger partial charge in [-0.2, -0.15) is 0 Å². The van der Waals surface area contributed by atoms with Crippen LogP contribution < -0.4 is 20.1 Å². The molecule has 0 fully saturated rings. The van der Waals surface area contributed by atoms with Gasteiger partial charge in [0.25, 0.3) is 5.91 Å². The molecular weight excluding hydrogens is 340 g/mol. The van der Waals surface area contributed by atoms with Gasteiger partial charge in [0.2, 0.25) is 0 Å². The maximum Gasteiger partial charge on any atom is 0.331 e. The largest absolute Gasteiger partial charge is 0.493 e. The molecule has 1 aromatic carbocycles. The van der Waals surface area contributed by atoms with Gasteiger partial charge in [-0.3, -0.25) is 10.1 Å². The number of nitrogens with one attached hydrogen (secondary N) is 2. The van der Waals surface area contributed by atoms with Gasteiger partial charge in [0.15, 0.2) is 18.1 Å². The summed E-state index contributed by atoms with van der Waals surface area (Å²) in [6.45, 7) is 4.76. The van der Waals surface area contributed by atoms with E-state index in [1.54, 1.807) is 39.0 Å². The average Bonchev–Trinajstić information content (AvgIpc) is 2.55. The third-order valence-corrected chi connectivity index (χ3v) is 2.91. The van der Waals surface area contributed by atoms with Crippen LogP contribution >= 0.6 is 0 Å². The van der Waals surface area contributed by atoms with Crippen molar-refractivity contribution in [3.05, 3.63) is 29.8 Å². The second kappa shape index (κ2) is 9.45. The highest BCUT2D eigenvalue weighted by Gasteiger charge is 2.16. The van der Waals surface area contributed by atoms with Crippen molar-refractivity contribution in [1.29, 1.82) is 0 Å². The smallest absolute Gasteiger partial charge is 0.331 e. The second-order valence-electron chi connectivity index (χ2n) is 6.31. The number of hydrogen-bond acceptors (Lipinski definition) is 6. The molecule has 3 amide bonds. The molecule has 0 bridgehead atoms. The molecule has 0 aromatic heterocycles. The Bertz CT molecular complexity index is 691. The third-order valence-electron chi connectivity index (χ3n) is 2.91. The van der Waals surface area contributed by atoms with Gasteiger partial charge < -0.3 is 19.5 Å². The summed E-state index contributed by atoms with van der Waals surface area (Å²) >= 11 is 0. The Labute approximate surface area is 152 Å². The Balaban J connectivity index is 2.50. The van der Waals surface area contributed by atoms with E-state index in [0.29, 0.717) is 17.1 Å². The van der Waals surface area contributed by atoms with E-state index >= 15 is 0 Å². The summed E-state index contributed by atoms with van der Waals surface area (Å²) in [6, 6.07) is 4.46. The minimum atomic E-state index is -0.723. The van der Waals surface area contributed by atoms with Crippen LogP contribution in [0.25, 0.3) is 6.08 Å². The van der Waals surface area contributed by atoms with Crippen LogP contribution in [0.1, 0.15) is 26.3 Å². The topological polar surface area (TPSA) is 103 Å². The maximum absolute atomic E-state index is 11.7. The fraction of sp³-hybridized carbons (Fsp3) is 0.389. The number of methoxy groups -OCH3 is 2.